The van der Waals surface area contributed by atoms with Crippen molar-refractivity contribution in [1.29, 1.82) is 0 Å². The van der Waals surface area contributed by atoms with Crippen LogP contribution in [0.25, 0.3) is 11.3 Å². The van der Waals surface area contributed by atoms with E-state index in [2.05, 4.69) is 25.3 Å². The molecule has 8 nitrogen and oxygen atoms in total. The number of amides is 1. The largest absolute Gasteiger partial charge is 0.364 e. The molecule has 1 unspecified atom stereocenters. The molecule has 0 radical (unpaired) electrons. The normalized spacial score (nSPS) is 16.1. The lowest BCUT2D eigenvalue weighted by atomic mass is 9.90. The number of halogens is 1. The zero-order valence-corrected chi connectivity index (χ0v) is 19.5. The van der Waals surface area contributed by atoms with Crippen molar-refractivity contribution in [1.82, 2.24) is 25.3 Å². The molecule has 2 N–H and O–H groups in total. The lowest BCUT2D eigenvalue weighted by Gasteiger charge is -2.38. The number of H-pyrrole nitrogens is 1. The first-order valence-electron chi connectivity index (χ1n) is 11.6. The van der Waals surface area contributed by atoms with Crippen molar-refractivity contribution in [2.24, 2.45) is 5.92 Å². The van der Waals surface area contributed by atoms with Crippen LogP contribution in [0, 0.1) is 11.7 Å². The predicted octanol–water partition coefficient (Wildman–Crippen LogP) is 3.93. The summed E-state index contributed by atoms with van der Waals surface area (Å²) < 4.78 is 19.0. The molecule has 3 heterocycles. The third-order valence-corrected chi connectivity index (χ3v) is 6.40. The monoisotopic (exact) mass is 467 g/mol. The van der Waals surface area contributed by atoms with Crippen LogP contribution in [-0.4, -0.2) is 51.9 Å². The SMILES string of the molecule is CN1CC(C(=O)NC(C)(CCCCCC(=O)c2ccon2)c2ncc(-c3ccccc3F)[nH]2)C1. The Morgan fingerprint density at radius 2 is 2.03 bits per heavy atom. The number of imidazole rings is 1. The van der Waals surface area contributed by atoms with Crippen LogP contribution in [0.2, 0.25) is 0 Å². The summed E-state index contributed by atoms with van der Waals surface area (Å²) in [6, 6.07) is 8.08. The maximum Gasteiger partial charge on any atom is 0.226 e. The number of unbranched alkanes of at least 4 members (excludes halogenated alkanes) is 2. The van der Waals surface area contributed by atoms with Gasteiger partial charge in [0.25, 0.3) is 0 Å². The van der Waals surface area contributed by atoms with Gasteiger partial charge in [0.2, 0.25) is 5.91 Å². The first kappa shape index (κ1) is 23.8. The quantitative estimate of drug-likeness (QED) is 0.327. The molecule has 34 heavy (non-hydrogen) atoms. The first-order valence-corrected chi connectivity index (χ1v) is 11.6. The number of nitrogens with zero attached hydrogens (tertiary/aromatic N) is 3. The first-order chi connectivity index (χ1) is 16.4. The highest BCUT2D eigenvalue weighted by molar-refractivity contribution is 5.93. The molecule has 3 aromatic rings. The fourth-order valence-corrected chi connectivity index (χ4v) is 4.32. The molecule has 9 heteroatoms. The summed E-state index contributed by atoms with van der Waals surface area (Å²) in [5.41, 5.74) is 0.598. The van der Waals surface area contributed by atoms with Gasteiger partial charge in [-0.2, -0.15) is 0 Å². The molecule has 1 aliphatic heterocycles. The van der Waals surface area contributed by atoms with E-state index in [0.717, 1.165) is 25.9 Å². The minimum Gasteiger partial charge on any atom is -0.364 e. The number of hydrogen-bond donors (Lipinski definition) is 2. The molecular formula is C25H30FN5O3. The van der Waals surface area contributed by atoms with Gasteiger partial charge in [0.05, 0.1) is 23.3 Å². The van der Waals surface area contributed by atoms with E-state index in [4.69, 9.17) is 4.52 Å². The fourth-order valence-electron chi connectivity index (χ4n) is 4.32. The van der Waals surface area contributed by atoms with Crippen LogP contribution in [0.4, 0.5) is 4.39 Å². The number of carbonyl (C=O) groups is 2. The number of nitrogens with one attached hydrogen (secondary N) is 2. The molecule has 0 saturated carbocycles. The summed E-state index contributed by atoms with van der Waals surface area (Å²) >= 11 is 0. The minimum atomic E-state index is -0.745. The number of aromatic amines is 1. The second kappa shape index (κ2) is 10.3. The van der Waals surface area contributed by atoms with Crippen molar-refractivity contribution >= 4 is 11.7 Å². The minimum absolute atomic E-state index is 0.00866. The van der Waals surface area contributed by atoms with E-state index in [9.17, 15) is 14.0 Å². The molecule has 2 aromatic heterocycles. The van der Waals surface area contributed by atoms with Gasteiger partial charge < -0.3 is 19.7 Å². The van der Waals surface area contributed by atoms with Crippen LogP contribution < -0.4 is 5.32 Å². The van der Waals surface area contributed by atoms with Crippen LogP contribution in [0.3, 0.4) is 0 Å². The van der Waals surface area contributed by atoms with Gasteiger partial charge in [0.15, 0.2) is 5.78 Å². The summed E-state index contributed by atoms with van der Waals surface area (Å²) in [5.74, 6) is 0.152. The molecule has 0 spiro atoms. The summed E-state index contributed by atoms with van der Waals surface area (Å²) in [6.45, 7) is 3.40. The van der Waals surface area contributed by atoms with Crippen LogP contribution in [-0.2, 0) is 10.3 Å². The van der Waals surface area contributed by atoms with E-state index >= 15 is 0 Å². The van der Waals surface area contributed by atoms with E-state index in [-0.39, 0.29) is 23.4 Å². The van der Waals surface area contributed by atoms with E-state index in [1.165, 1.54) is 12.3 Å². The molecule has 1 amide bonds. The van der Waals surface area contributed by atoms with Gasteiger partial charge in [-0.15, -0.1) is 0 Å². The number of carbonyl (C=O) groups excluding carboxylic acids is 2. The van der Waals surface area contributed by atoms with Gasteiger partial charge in [0, 0.05) is 31.1 Å². The van der Waals surface area contributed by atoms with E-state index in [0.29, 0.717) is 42.0 Å². The van der Waals surface area contributed by atoms with Crippen LogP contribution in [0.5, 0.6) is 0 Å². The van der Waals surface area contributed by atoms with E-state index in [1.807, 2.05) is 14.0 Å². The fraction of sp³-hybridized carbons (Fsp3) is 0.440. The van der Waals surface area contributed by atoms with Crippen molar-refractivity contribution in [3.63, 3.8) is 0 Å². The Kier molecular flexibility index (Phi) is 7.21. The van der Waals surface area contributed by atoms with Gasteiger partial charge in [-0.25, -0.2) is 9.37 Å². The van der Waals surface area contributed by atoms with Gasteiger partial charge >= 0.3 is 0 Å². The number of ketones is 1. The van der Waals surface area contributed by atoms with E-state index in [1.54, 1.807) is 30.5 Å². The Hall–Kier alpha value is -3.33. The van der Waals surface area contributed by atoms with Crippen LogP contribution >= 0.6 is 0 Å². The van der Waals surface area contributed by atoms with Crippen LogP contribution in [0.15, 0.2) is 47.3 Å². The highest BCUT2D eigenvalue weighted by Crippen LogP contribution is 2.29. The van der Waals surface area contributed by atoms with Crippen molar-refractivity contribution in [3.05, 3.63) is 60.1 Å². The summed E-state index contributed by atoms with van der Waals surface area (Å²) in [5, 5.41) is 6.87. The van der Waals surface area contributed by atoms with Gasteiger partial charge in [-0.3, -0.25) is 9.59 Å². The molecular weight excluding hydrogens is 437 g/mol. The Morgan fingerprint density at radius 3 is 2.74 bits per heavy atom. The lowest BCUT2D eigenvalue weighted by Crippen LogP contribution is -2.55. The highest BCUT2D eigenvalue weighted by atomic mass is 19.1. The summed E-state index contributed by atoms with van der Waals surface area (Å²) in [4.78, 5) is 34.9. The average molecular weight is 468 g/mol. The molecule has 1 aromatic carbocycles. The number of benzene rings is 1. The second-order valence-electron chi connectivity index (χ2n) is 9.23. The summed E-state index contributed by atoms with van der Waals surface area (Å²) in [7, 11) is 1.98. The molecule has 4 rings (SSSR count). The molecule has 180 valence electrons. The zero-order valence-electron chi connectivity index (χ0n) is 19.5. The molecule has 1 aliphatic rings. The number of aromatic nitrogens is 3. The Labute approximate surface area is 197 Å². The highest BCUT2D eigenvalue weighted by Gasteiger charge is 2.37. The molecule has 1 atom stereocenters. The van der Waals surface area contributed by atoms with Crippen molar-refractivity contribution in [3.8, 4) is 11.3 Å². The maximum atomic E-state index is 14.3. The van der Waals surface area contributed by atoms with Crippen molar-refractivity contribution in [2.75, 3.05) is 20.1 Å². The van der Waals surface area contributed by atoms with Gasteiger partial charge in [-0.1, -0.05) is 30.1 Å². The number of Topliss-reactive ketones (excluding diaryl/α,β-unsaturated/α-hetero) is 1. The second-order valence-corrected chi connectivity index (χ2v) is 9.23. The maximum absolute atomic E-state index is 14.3. The zero-order chi connectivity index (χ0) is 24.1. The standard InChI is InChI=1S/C25H30FN5O3/c1-25(29-23(33)17-15-31(2)16-17,12-7-3-4-10-22(32)20-11-13-34-30-20)24-27-14-21(28-24)18-8-5-6-9-19(18)26/h5-6,8-9,11,13-14,17H,3-4,7,10,12,15-16H2,1-2H3,(H,27,28)(H,29,33). The number of likely N-dealkylation sites (tertiary alicyclic amines) is 1. The molecule has 1 fully saturated rings. The number of rotatable bonds is 11. The van der Waals surface area contributed by atoms with Crippen LogP contribution in [0.1, 0.15) is 55.3 Å². The predicted molar refractivity (Wildman–Crippen MR) is 124 cm³/mol. The third kappa shape index (κ3) is 5.41. The average Bonchev–Trinajstić information content (AvgIpc) is 3.49. The van der Waals surface area contributed by atoms with Crippen molar-refractivity contribution < 1.29 is 18.5 Å². The Morgan fingerprint density at radius 1 is 1.24 bits per heavy atom. The van der Waals surface area contributed by atoms with Gasteiger partial charge in [-0.05, 0) is 38.9 Å². The third-order valence-electron chi connectivity index (χ3n) is 6.40. The lowest BCUT2D eigenvalue weighted by molar-refractivity contribution is -0.131. The van der Waals surface area contributed by atoms with E-state index < -0.39 is 5.54 Å². The Bertz CT molecular complexity index is 1120. The molecule has 0 aliphatic carbocycles. The smallest absolute Gasteiger partial charge is 0.226 e. The summed E-state index contributed by atoms with van der Waals surface area (Å²) in [6.07, 6.45) is 6.31. The topological polar surface area (TPSA) is 104 Å². The Balaban J connectivity index is 1.42. The molecule has 1 saturated heterocycles. The number of hydrogen-bond acceptors (Lipinski definition) is 6. The molecule has 0 bridgehead atoms. The van der Waals surface area contributed by atoms with Crippen molar-refractivity contribution in [2.45, 2.75) is 44.6 Å². The van der Waals surface area contributed by atoms with Gasteiger partial charge in [0.1, 0.15) is 23.6 Å².